The molecule has 5 heteroatoms. The highest BCUT2D eigenvalue weighted by Gasteiger charge is 2.26. The quantitative estimate of drug-likeness (QED) is 0.709. The van der Waals surface area contributed by atoms with Crippen LogP contribution in [0.5, 0.6) is 0 Å². The van der Waals surface area contributed by atoms with Gasteiger partial charge in [0.25, 0.3) is 0 Å². The molecule has 0 fully saturated rings. The fourth-order valence-electron chi connectivity index (χ4n) is 2.07. The molecule has 0 aliphatic carbocycles. The number of carboxylic acid groups (broad SMARTS) is 1. The summed E-state index contributed by atoms with van der Waals surface area (Å²) in [6.45, 7) is 3.27. The lowest BCUT2D eigenvalue weighted by Crippen LogP contribution is -2.34. The molecule has 110 valence electrons. The van der Waals surface area contributed by atoms with Gasteiger partial charge in [0.2, 0.25) is 5.91 Å². The highest BCUT2D eigenvalue weighted by Crippen LogP contribution is 2.25. The van der Waals surface area contributed by atoms with Crippen molar-refractivity contribution in [2.45, 2.75) is 32.7 Å². The molecule has 1 amide bonds. The topological polar surface area (TPSA) is 86.6 Å². The number of carbonyl (C=O) groups excluding carboxylic acids is 1. The molecule has 0 spiro atoms. The number of rotatable bonds is 7. The molecule has 1 aromatic rings. The summed E-state index contributed by atoms with van der Waals surface area (Å²) in [6, 6.07) is 8.70. The van der Waals surface area contributed by atoms with Crippen LogP contribution in [0.1, 0.15) is 38.3 Å². The van der Waals surface area contributed by atoms with E-state index in [1.54, 1.807) is 13.8 Å². The number of amides is 1. The van der Waals surface area contributed by atoms with Crippen molar-refractivity contribution in [3.63, 3.8) is 0 Å². The zero-order chi connectivity index (χ0) is 15.2. The second-order valence-electron chi connectivity index (χ2n) is 5.62. The van der Waals surface area contributed by atoms with Gasteiger partial charge in [0.05, 0.1) is 19.1 Å². The second-order valence-corrected chi connectivity index (χ2v) is 5.62. The van der Waals surface area contributed by atoms with Crippen LogP contribution in [0.25, 0.3) is 0 Å². The third-order valence-corrected chi connectivity index (χ3v) is 2.99. The van der Waals surface area contributed by atoms with Crippen LogP contribution in [0.15, 0.2) is 30.3 Å². The van der Waals surface area contributed by atoms with Gasteiger partial charge in [-0.25, -0.2) is 0 Å². The number of aliphatic hydroxyl groups excluding tert-OH is 1. The third-order valence-electron chi connectivity index (χ3n) is 2.99. The van der Waals surface area contributed by atoms with Crippen LogP contribution in [0.3, 0.4) is 0 Å². The molecule has 1 rings (SSSR count). The standard InChI is InChI=1S/C15H21NO4/c1-15(2,9-14(19)20)8-13(18)16-12(10-17)11-6-4-3-5-7-11/h3-7,12,17H,8-10H2,1-2H3,(H,16,18)(H,19,20)/t12-/m0/s1. The van der Waals surface area contributed by atoms with E-state index in [0.29, 0.717) is 0 Å². The van der Waals surface area contributed by atoms with Crippen molar-refractivity contribution >= 4 is 11.9 Å². The first-order valence-corrected chi connectivity index (χ1v) is 6.51. The molecule has 0 unspecified atom stereocenters. The van der Waals surface area contributed by atoms with E-state index in [1.165, 1.54) is 0 Å². The Morgan fingerprint density at radius 2 is 1.80 bits per heavy atom. The van der Waals surface area contributed by atoms with Gasteiger partial charge in [-0.15, -0.1) is 0 Å². The lowest BCUT2D eigenvalue weighted by molar-refractivity contribution is -0.139. The van der Waals surface area contributed by atoms with Crippen LogP contribution in [0.2, 0.25) is 0 Å². The highest BCUT2D eigenvalue weighted by molar-refractivity contribution is 5.78. The summed E-state index contributed by atoms with van der Waals surface area (Å²) in [6.07, 6.45) is 0.0260. The molecular weight excluding hydrogens is 258 g/mol. The van der Waals surface area contributed by atoms with Crippen LogP contribution in [0.4, 0.5) is 0 Å². The van der Waals surface area contributed by atoms with Gasteiger partial charge < -0.3 is 15.5 Å². The minimum atomic E-state index is -0.926. The summed E-state index contributed by atoms with van der Waals surface area (Å²) in [5.41, 5.74) is 0.200. The lowest BCUT2D eigenvalue weighted by Gasteiger charge is -2.24. The zero-order valence-electron chi connectivity index (χ0n) is 11.8. The van der Waals surface area contributed by atoms with Crippen molar-refractivity contribution in [1.82, 2.24) is 5.32 Å². The predicted octanol–water partition coefficient (Wildman–Crippen LogP) is 1.73. The molecule has 3 N–H and O–H groups in total. The van der Waals surface area contributed by atoms with E-state index in [-0.39, 0.29) is 25.4 Å². The van der Waals surface area contributed by atoms with Gasteiger partial charge in [-0.3, -0.25) is 9.59 Å². The lowest BCUT2D eigenvalue weighted by atomic mass is 9.85. The Hall–Kier alpha value is -1.88. The Labute approximate surface area is 118 Å². The predicted molar refractivity (Wildman–Crippen MR) is 75.1 cm³/mol. The fraction of sp³-hybridized carbons (Fsp3) is 0.467. The maximum absolute atomic E-state index is 12.0. The molecule has 0 bridgehead atoms. The Morgan fingerprint density at radius 1 is 1.20 bits per heavy atom. The summed E-state index contributed by atoms with van der Waals surface area (Å²) >= 11 is 0. The second kappa shape index (κ2) is 7.05. The number of benzene rings is 1. The molecule has 1 atom stereocenters. The Morgan fingerprint density at radius 3 is 2.30 bits per heavy atom. The van der Waals surface area contributed by atoms with Gasteiger partial charge in [-0.05, 0) is 11.0 Å². The number of hydrogen-bond donors (Lipinski definition) is 3. The first-order chi connectivity index (χ1) is 9.34. The first-order valence-electron chi connectivity index (χ1n) is 6.51. The van der Waals surface area contributed by atoms with Crippen molar-refractivity contribution in [2.24, 2.45) is 5.41 Å². The summed E-state index contributed by atoms with van der Waals surface area (Å²) in [4.78, 5) is 22.7. The Bertz CT molecular complexity index is 456. The van der Waals surface area contributed by atoms with E-state index in [9.17, 15) is 14.7 Å². The molecule has 0 heterocycles. The molecule has 0 aliphatic rings. The van der Waals surface area contributed by atoms with E-state index in [2.05, 4.69) is 5.32 Å². The molecule has 0 aromatic heterocycles. The summed E-state index contributed by atoms with van der Waals surface area (Å²) in [5, 5.41) is 20.9. The van der Waals surface area contributed by atoms with Gasteiger partial charge >= 0.3 is 5.97 Å². The zero-order valence-corrected chi connectivity index (χ0v) is 11.8. The first kappa shape index (κ1) is 16.2. The fourth-order valence-corrected chi connectivity index (χ4v) is 2.07. The molecule has 1 aromatic carbocycles. The normalized spacial score (nSPS) is 12.8. The van der Waals surface area contributed by atoms with E-state index in [4.69, 9.17) is 5.11 Å². The largest absolute Gasteiger partial charge is 0.481 e. The third kappa shape index (κ3) is 5.40. The average Bonchev–Trinajstić information content (AvgIpc) is 2.34. The molecule has 0 saturated carbocycles. The van der Waals surface area contributed by atoms with E-state index in [1.807, 2.05) is 30.3 Å². The number of aliphatic hydroxyl groups is 1. The highest BCUT2D eigenvalue weighted by atomic mass is 16.4. The molecule has 20 heavy (non-hydrogen) atoms. The van der Waals surface area contributed by atoms with Crippen molar-refractivity contribution in [1.29, 1.82) is 0 Å². The van der Waals surface area contributed by atoms with Crippen LogP contribution >= 0.6 is 0 Å². The number of hydrogen-bond acceptors (Lipinski definition) is 3. The van der Waals surface area contributed by atoms with Gasteiger partial charge in [0.1, 0.15) is 0 Å². The summed E-state index contributed by atoms with van der Waals surface area (Å²) in [5.74, 6) is -1.19. The van der Waals surface area contributed by atoms with Crippen molar-refractivity contribution < 1.29 is 19.8 Å². The number of carbonyl (C=O) groups is 2. The van der Waals surface area contributed by atoms with Crippen LogP contribution < -0.4 is 5.32 Å². The van der Waals surface area contributed by atoms with Crippen LogP contribution in [-0.2, 0) is 9.59 Å². The average molecular weight is 279 g/mol. The smallest absolute Gasteiger partial charge is 0.303 e. The molecule has 5 nitrogen and oxygen atoms in total. The maximum atomic E-state index is 12.0. The van der Waals surface area contributed by atoms with Crippen molar-refractivity contribution in [3.8, 4) is 0 Å². The van der Waals surface area contributed by atoms with Crippen molar-refractivity contribution in [3.05, 3.63) is 35.9 Å². The van der Waals surface area contributed by atoms with Crippen LogP contribution in [-0.4, -0.2) is 28.7 Å². The molecule has 0 saturated heterocycles. The van der Waals surface area contributed by atoms with Crippen molar-refractivity contribution in [2.75, 3.05) is 6.61 Å². The molecular formula is C15H21NO4. The van der Waals surface area contributed by atoms with E-state index >= 15 is 0 Å². The van der Waals surface area contributed by atoms with E-state index in [0.717, 1.165) is 5.56 Å². The summed E-state index contributed by atoms with van der Waals surface area (Å²) in [7, 11) is 0. The maximum Gasteiger partial charge on any atom is 0.303 e. The number of carboxylic acids is 1. The number of nitrogens with one attached hydrogen (secondary N) is 1. The molecule has 0 radical (unpaired) electrons. The SMILES string of the molecule is CC(C)(CC(=O)O)CC(=O)N[C@@H](CO)c1ccccc1. The minimum absolute atomic E-state index is 0.0739. The molecule has 0 aliphatic heterocycles. The van der Waals surface area contributed by atoms with Gasteiger partial charge in [0, 0.05) is 6.42 Å². The monoisotopic (exact) mass is 279 g/mol. The van der Waals surface area contributed by atoms with E-state index < -0.39 is 17.4 Å². The minimum Gasteiger partial charge on any atom is -0.481 e. The Balaban J connectivity index is 2.62. The van der Waals surface area contributed by atoms with Gasteiger partial charge in [0.15, 0.2) is 0 Å². The van der Waals surface area contributed by atoms with Crippen LogP contribution in [0, 0.1) is 5.41 Å². The van der Waals surface area contributed by atoms with Gasteiger partial charge in [-0.1, -0.05) is 44.2 Å². The summed E-state index contributed by atoms with van der Waals surface area (Å²) < 4.78 is 0. The number of aliphatic carboxylic acids is 1. The van der Waals surface area contributed by atoms with Gasteiger partial charge in [-0.2, -0.15) is 0 Å². The Kier molecular flexibility index (Phi) is 5.70.